The third-order valence-electron chi connectivity index (χ3n) is 2.82. The Morgan fingerprint density at radius 3 is 2.68 bits per heavy atom. The molecule has 2 rings (SSSR count). The summed E-state index contributed by atoms with van der Waals surface area (Å²) < 4.78 is 6.82. The Bertz CT molecular complexity index is 505. The summed E-state index contributed by atoms with van der Waals surface area (Å²) in [6.45, 7) is 0.900. The summed E-state index contributed by atoms with van der Waals surface area (Å²) in [5.74, 6) is 0.771. The first-order valence-corrected chi connectivity index (χ1v) is 7.07. The number of hydrogen-bond acceptors (Lipinski definition) is 3. The molecule has 0 spiro atoms. The van der Waals surface area contributed by atoms with Crippen molar-refractivity contribution in [3.63, 3.8) is 0 Å². The molecule has 100 valence electrons. The maximum absolute atomic E-state index is 6.08. The summed E-state index contributed by atoms with van der Waals surface area (Å²) in [5.41, 5.74) is 1.17. The van der Waals surface area contributed by atoms with Crippen LogP contribution in [0.25, 0.3) is 0 Å². The zero-order valence-corrected chi connectivity index (χ0v) is 12.4. The van der Waals surface area contributed by atoms with E-state index >= 15 is 0 Å². The molecule has 1 aromatic carbocycles. The Balaban J connectivity index is 2.17. The molecule has 2 aromatic rings. The summed E-state index contributed by atoms with van der Waals surface area (Å²) in [7, 11) is 1.95. The van der Waals surface area contributed by atoms with Crippen molar-refractivity contribution < 1.29 is 4.74 Å². The molecule has 0 aliphatic rings. The number of benzene rings is 1. The fraction of sp³-hybridized carbons (Fsp3) is 0.267. The second-order valence-electron chi connectivity index (χ2n) is 4.20. The molecule has 3 nitrogen and oxygen atoms in total. The highest BCUT2D eigenvalue weighted by atomic mass is 79.9. The second-order valence-corrected chi connectivity index (χ2v) is 4.95. The van der Waals surface area contributed by atoms with Crippen LogP contribution < -0.4 is 10.1 Å². The number of rotatable bonds is 6. The Labute approximate surface area is 122 Å². The van der Waals surface area contributed by atoms with Crippen LogP contribution in [0.5, 0.6) is 5.75 Å². The monoisotopic (exact) mass is 320 g/mol. The van der Waals surface area contributed by atoms with Gasteiger partial charge in [0.2, 0.25) is 0 Å². The molecule has 0 radical (unpaired) electrons. The number of nitrogens with zero attached hydrogens (tertiary/aromatic N) is 1. The molecule has 0 aliphatic carbocycles. The maximum atomic E-state index is 6.08. The lowest BCUT2D eigenvalue weighted by molar-refractivity contribution is 0.193. The predicted octanol–water partition coefficient (Wildman–Crippen LogP) is 3.57. The summed E-state index contributed by atoms with van der Waals surface area (Å²) in [6, 6.07) is 14.0. The fourth-order valence-electron chi connectivity index (χ4n) is 1.85. The molecule has 1 unspecified atom stereocenters. The quantitative estimate of drug-likeness (QED) is 0.826. The molecule has 1 heterocycles. The largest absolute Gasteiger partial charge is 0.483 e. The summed E-state index contributed by atoms with van der Waals surface area (Å²) >= 11 is 3.41. The molecule has 1 atom stereocenters. The van der Waals surface area contributed by atoms with Crippen molar-refractivity contribution in [1.29, 1.82) is 0 Å². The highest BCUT2D eigenvalue weighted by Crippen LogP contribution is 2.28. The van der Waals surface area contributed by atoms with Gasteiger partial charge in [0.05, 0.1) is 0 Å². The van der Waals surface area contributed by atoms with Crippen molar-refractivity contribution in [2.45, 2.75) is 12.5 Å². The number of hydrogen-bond donors (Lipinski definition) is 1. The van der Waals surface area contributed by atoms with E-state index in [0.29, 0.717) is 0 Å². The van der Waals surface area contributed by atoms with Gasteiger partial charge in [-0.25, -0.2) is 4.98 Å². The van der Waals surface area contributed by atoms with E-state index in [-0.39, 0.29) is 6.10 Å². The van der Waals surface area contributed by atoms with Gasteiger partial charge in [0, 0.05) is 12.6 Å². The molecule has 0 saturated heterocycles. The average molecular weight is 321 g/mol. The van der Waals surface area contributed by atoms with Crippen LogP contribution >= 0.6 is 15.9 Å². The van der Waals surface area contributed by atoms with Crippen molar-refractivity contribution >= 4 is 15.9 Å². The van der Waals surface area contributed by atoms with Crippen LogP contribution in [0.3, 0.4) is 0 Å². The minimum Gasteiger partial charge on any atom is -0.483 e. The molecular weight excluding hydrogens is 304 g/mol. The van der Waals surface area contributed by atoms with Gasteiger partial charge >= 0.3 is 0 Å². The van der Waals surface area contributed by atoms with Gasteiger partial charge in [0.1, 0.15) is 10.7 Å². The Kier molecular flexibility index (Phi) is 5.36. The third-order valence-corrected chi connectivity index (χ3v) is 3.42. The molecule has 0 fully saturated rings. The Morgan fingerprint density at radius 2 is 2.00 bits per heavy atom. The van der Waals surface area contributed by atoms with E-state index in [1.807, 2.05) is 37.4 Å². The van der Waals surface area contributed by atoms with E-state index in [4.69, 9.17) is 4.74 Å². The van der Waals surface area contributed by atoms with Gasteiger partial charge in [-0.1, -0.05) is 30.3 Å². The Morgan fingerprint density at radius 1 is 1.21 bits per heavy atom. The topological polar surface area (TPSA) is 34.1 Å². The minimum atomic E-state index is 0.0224. The molecule has 4 heteroatoms. The predicted molar refractivity (Wildman–Crippen MR) is 80.3 cm³/mol. The first-order valence-electron chi connectivity index (χ1n) is 6.28. The van der Waals surface area contributed by atoms with Crippen LogP contribution in [0.4, 0.5) is 0 Å². The number of ether oxygens (including phenoxy) is 1. The Hall–Kier alpha value is -1.39. The normalized spacial score (nSPS) is 12.1. The van der Waals surface area contributed by atoms with Gasteiger partial charge in [-0.05, 0) is 47.2 Å². The van der Waals surface area contributed by atoms with Gasteiger partial charge in [0.25, 0.3) is 0 Å². The van der Waals surface area contributed by atoms with E-state index < -0.39 is 0 Å². The van der Waals surface area contributed by atoms with E-state index in [2.05, 4.69) is 38.4 Å². The van der Waals surface area contributed by atoms with Crippen molar-refractivity contribution in [2.75, 3.05) is 13.6 Å². The van der Waals surface area contributed by atoms with E-state index in [0.717, 1.165) is 23.3 Å². The first kappa shape index (κ1) is 14.0. The molecule has 0 saturated carbocycles. The summed E-state index contributed by atoms with van der Waals surface area (Å²) in [6.07, 6.45) is 2.67. The van der Waals surface area contributed by atoms with Gasteiger partial charge < -0.3 is 10.1 Å². The van der Waals surface area contributed by atoms with Crippen LogP contribution in [-0.4, -0.2) is 18.6 Å². The maximum Gasteiger partial charge on any atom is 0.153 e. The highest BCUT2D eigenvalue weighted by Gasteiger charge is 2.14. The number of pyridine rings is 1. The van der Waals surface area contributed by atoms with Gasteiger partial charge in [-0.3, -0.25) is 0 Å². The highest BCUT2D eigenvalue weighted by molar-refractivity contribution is 9.10. The molecule has 1 N–H and O–H groups in total. The first-order chi connectivity index (χ1) is 9.31. The molecule has 0 aliphatic heterocycles. The molecule has 0 amide bonds. The third kappa shape index (κ3) is 4.04. The fourth-order valence-corrected chi connectivity index (χ4v) is 2.19. The van der Waals surface area contributed by atoms with Crippen molar-refractivity contribution in [3.05, 3.63) is 58.8 Å². The minimum absolute atomic E-state index is 0.0224. The van der Waals surface area contributed by atoms with Crippen LogP contribution in [-0.2, 0) is 0 Å². The number of aromatic nitrogens is 1. The van der Waals surface area contributed by atoms with E-state index in [9.17, 15) is 0 Å². The lowest BCUT2D eigenvalue weighted by atomic mass is 10.1. The molecule has 0 bridgehead atoms. The molecular formula is C15H17BrN2O. The standard InChI is InChI=1S/C15H17BrN2O/c1-17-11-9-13(12-6-3-2-4-7-12)19-14-8-5-10-18-15(14)16/h2-8,10,13,17H,9,11H2,1H3. The van der Waals surface area contributed by atoms with Crippen LogP contribution in [0, 0.1) is 0 Å². The van der Waals surface area contributed by atoms with Crippen LogP contribution in [0.1, 0.15) is 18.1 Å². The van der Waals surface area contributed by atoms with Gasteiger partial charge in [0.15, 0.2) is 5.75 Å². The summed E-state index contributed by atoms with van der Waals surface area (Å²) in [4.78, 5) is 4.18. The van der Waals surface area contributed by atoms with Gasteiger partial charge in [-0.2, -0.15) is 0 Å². The van der Waals surface area contributed by atoms with Crippen molar-refractivity contribution in [2.24, 2.45) is 0 Å². The number of halogens is 1. The zero-order valence-electron chi connectivity index (χ0n) is 10.8. The average Bonchev–Trinajstić information content (AvgIpc) is 2.46. The second kappa shape index (κ2) is 7.26. The van der Waals surface area contributed by atoms with Crippen molar-refractivity contribution in [1.82, 2.24) is 10.3 Å². The molecule has 1 aromatic heterocycles. The molecule has 19 heavy (non-hydrogen) atoms. The smallest absolute Gasteiger partial charge is 0.153 e. The van der Waals surface area contributed by atoms with Crippen molar-refractivity contribution in [3.8, 4) is 5.75 Å². The zero-order chi connectivity index (χ0) is 13.5. The lowest BCUT2D eigenvalue weighted by Gasteiger charge is -2.20. The van der Waals surface area contributed by atoms with Gasteiger partial charge in [-0.15, -0.1) is 0 Å². The van der Waals surface area contributed by atoms with Crippen LogP contribution in [0.2, 0.25) is 0 Å². The SMILES string of the molecule is CNCCC(Oc1cccnc1Br)c1ccccc1. The lowest BCUT2D eigenvalue weighted by Crippen LogP contribution is -2.16. The van der Waals surface area contributed by atoms with E-state index in [1.165, 1.54) is 5.56 Å². The number of nitrogens with one attached hydrogen (secondary N) is 1. The van der Waals surface area contributed by atoms with E-state index in [1.54, 1.807) is 6.20 Å². The summed E-state index contributed by atoms with van der Waals surface area (Å²) in [5, 5.41) is 3.16. The van der Waals surface area contributed by atoms with Crippen LogP contribution in [0.15, 0.2) is 53.3 Å².